The Morgan fingerprint density at radius 3 is 2.15 bits per heavy atom. The zero-order valence-corrected chi connectivity index (χ0v) is 22.9. The first-order valence-corrected chi connectivity index (χ1v) is 13.2. The van der Waals surface area contributed by atoms with Gasteiger partial charge in [-0.15, -0.1) is 0 Å². The molecule has 0 bridgehead atoms. The number of amides is 1. The number of rotatable bonds is 8. The quantitative estimate of drug-likeness (QED) is 0.465. The Bertz CT molecular complexity index is 1300. The van der Waals surface area contributed by atoms with Crippen LogP contribution >= 0.6 is 0 Å². The second-order valence-corrected chi connectivity index (χ2v) is 9.92. The molecule has 2 heterocycles. The molecule has 0 N–H and O–H groups in total. The van der Waals surface area contributed by atoms with E-state index in [1.165, 1.54) is 6.07 Å². The number of esters is 2. The number of hydrogen-bond acceptors (Lipinski definition) is 7. The Balaban J connectivity index is 1.86. The van der Waals surface area contributed by atoms with E-state index < -0.39 is 41.0 Å². The lowest BCUT2D eigenvalue weighted by Crippen LogP contribution is -2.48. The molecular weight excluding hydrogens is 520 g/mol. The molecule has 2 aliphatic rings. The molecule has 0 aromatic heterocycles. The van der Waals surface area contributed by atoms with E-state index in [0.717, 1.165) is 31.9 Å². The van der Waals surface area contributed by atoms with Crippen molar-refractivity contribution in [3.63, 3.8) is 0 Å². The first kappa shape index (κ1) is 29.1. The number of allylic oxidation sites excluding steroid dienone is 1. The van der Waals surface area contributed by atoms with Crippen molar-refractivity contribution < 1.29 is 32.6 Å². The molecule has 0 saturated carbocycles. The summed E-state index contributed by atoms with van der Waals surface area (Å²) in [6, 6.07) is 12.8. The molecule has 212 valence electrons. The zero-order chi connectivity index (χ0) is 28.8. The van der Waals surface area contributed by atoms with Crippen LogP contribution in [0.1, 0.15) is 29.9 Å². The van der Waals surface area contributed by atoms with E-state index in [0.29, 0.717) is 32.6 Å². The van der Waals surface area contributed by atoms with Gasteiger partial charge < -0.3 is 19.3 Å². The van der Waals surface area contributed by atoms with Gasteiger partial charge in [0.25, 0.3) is 0 Å². The van der Waals surface area contributed by atoms with Crippen molar-refractivity contribution in [3.8, 4) is 0 Å². The summed E-state index contributed by atoms with van der Waals surface area (Å²) in [5.41, 5.74) is 0.653. The van der Waals surface area contributed by atoms with Crippen molar-refractivity contribution in [3.05, 3.63) is 82.6 Å². The highest BCUT2D eigenvalue weighted by Crippen LogP contribution is 2.43. The van der Waals surface area contributed by atoms with Gasteiger partial charge in [0.1, 0.15) is 17.6 Å². The zero-order valence-electron chi connectivity index (χ0n) is 22.9. The van der Waals surface area contributed by atoms with Crippen LogP contribution < -0.4 is 0 Å². The minimum Gasteiger partial charge on any atom is -0.468 e. The maximum Gasteiger partial charge on any atom is 0.336 e. The number of carbonyl (C=O) groups excluding carboxylic acids is 3. The van der Waals surface area contributed by atoms with Gasteiger partial charge >= 0.3 is 11.9 Å². The molecule has 0 radical (unpaired) electrons. The number of benzene rings is 2. The van der Waals surface area contributed by atoms with Crippen molar-refractivity contribution in [2.75, 3.05) is 47.4 Å². The summed E-state index contributed by atoms with van der Waals surface area (Å²) in [5, 5.41) is 0. The van der Waals surface area contributed by atoms with Crippen molar-refractivity contribution in [1.82, 2.24) is 9.80 Å². The number of ether oxygens (including phenoxy) is 2. The number of hydrogen-bond donors (Lipinski definition) is 0. The maximum absolute atomic E-state index is 15.3. The largest absolute Gasteiger partial charge is 0.468 e. The molecule has 0 spiro atoms. The van der Waals surface area contributed by atoms with E-state index >= 15 is 8.78 Å². The second kappa shape index (κ2) is 13.0. The maximum atomic E-state index is 15.3. The monoisotopic (exact) mass is 553 g/mol. The number of aliphatic imine (C=N–C) groups is 1. The average Bonchev–Trinajstić information content (AvgIpc) is 2.96. The van der Waals surface area contributed by atoms with Crippen molar-refractivity contribution >= 4 is 23.6 Å². The molecule has 1 amide bonds. The van der Waals surface area contributed by atoms with Crippen LogP contribution in [0.2, 0.25) is 0 Å². The molecule has 2 unspecified atom stereocenters. The minimum absolute atomic E-state index is 0.0964. The summed E-state index contributed by atoms with van der Waals surface area (Å²) >= 11 is 0. The summed E-state index contributed by atoms with van der Waals surface area (Å²) < 4.78 is 40.7. The van der Waals surface area contributed by atoms with Gasteiger partial charge in [-0.3, -0.25) is 14.6 Å². The normalized spacial score (nSPS) is 19.7. The molecule has 1 saturated heterocycles. The fourth-order valence-electron chi connectivity index (χ4n) is 5.28. The lowest BCUT2D eigenvalue weighted by atomic mass is 9.73. The van der Waals surface area contributed by atoms with Crippen molar-refractivity contribution in [2.24, 2.45) is 10.9 Å². The Morgan fingerprint density at radius 2 is 1.55 bits per heavy atom. The Morgan fingerprint density at radius 1 is 0.900 bits per heavy atom. The van der Waals surface area contributed by atoms with E-state index in [1.807, 2.05) is 37.4 Å². The third-order valence-corrected chi connectivity index (χ3v) is 7.45. The summed E-state index contributed by atoms with van der Waals surface area (Å²) in [6.45, 7) is 2.38. The highest BCUT2D eigenvalue weighted by molar-refractivity contribution is 6.13. The molecule has 4 rings (SSSR count). The van der Waals surface area contributed by atoms with E-state index in [-0.39, 0.29) is 35.7 Å². The molecule has 2 aromatic rings. The first-order valence-electron chi connectivity index (χ1n) is 13.2. The topological polar surface area (TPSA) is 88.5 Å². The lowest BCUT2D eigenvalue weighted by Gasteiger charge is -2.35. The number of nitrogens with zero attached hydrogens (tertiary/aromatic N) is 3. The van der Waals surface area contributed by atoms with E-state index in [9.17, 15) is 14.4 Å². The van der Waals surface area contributed by atoms with Crippen LogP contribution in [0, 0.1) is 17.6 Å². The van der Waals surface area contributed by atoms with Crippen LogP contribution in [-0.2, 0) is 30.3 Å². The third-order valence-electron chi connectivity index (χ3n) is 7.45. The van der Waals surface area contributed by atoms with Gasteiger partial charge in [0.15, 0.2) is 0 Å². The number of methoxy groups -OCH3 is 2. The predicted molar refractivity (Wildman–Crippen MR) is 145 cm³/mol. The molecule has 40 heavy (non-hydrogen) atoms. The summed E-state index contributed by atoms with van der Waals surface area (Å²) in [7, 11) is 4.26. The Kier molecular flexibility index (Phi) is 9.42. The second-order valence-electron chi connectivity index (χ2n) is 9.92. The summed E-state index contributed by atoms with van der Waals surface area (Å²) in [4.78, 5) is 48.3. The molecule has 2 aromatic carbocycles. The van der Waals surface area contributed by atoms with Crippen LogP contribution in [-0.4, -0.2) is 80.8 Å². The van der Waals surface area contributed by atoms with Crippen LogP contribution in [0.25, 0.3) is 0 Å². The minimum atomic E-state index is -1.44. The molecule has 2 atom stereocenters. The van der Waals surface area contributed by atoms with Crippen LogP contribution in [0.3, 0.4) is 0 Å². The van der Waals surface area contributed by atoms with Gasteiger partial charge in [0.05, 0.1) is 31.9 Å². The highest BCUT2D eigenvalue weighted by atomic mass is 19.1. The molecule has 8 nitrogen and oxygen atoms in total. The van der Waals surface area contributed by atoms with E-state index in [1.54, 1.807) is 4.90 Å². The lowest BCUT2D eigenvalue weighted by molar-refractivity contribution is -0.143. The summed E-state index contributed by atoms with van der Waals surface area (Å²) in [6.07, 6.45) is 0.398. The highest BCUT2D eigenvalue weighted by Gasteiger charge is 2.46. The van der Waals surface area contributed by atoms with Gasteiger partial charge in [0.2, 0.25) is 5.91 Å². The fraction of sp³-hybridized carbons (Fsp3) is 0.400. The molecule has 2 aliphatic heterocycles. The van der Waals surface area contributed by atoms with Gasteiger partial charge in [-0.1, -0.05) is 36.4 Å². The molecule has 1 fully saturated rings. The number of aryl methyl sites for hydroxylation is 1. The van der Waals surface area contributed by atoms with Gasteiger partial charge in [-0.2, -0.15) is 0 Å². The van der Waals surface area contributed by atoms with E-state index in [4.69, 9.17) is 9.47 Å². The van der Waals surface area contributed by atoms with Gasteiger partial charge in [-0.25, -0.2) is 13.6 Å². The summed E-state index contributed by atoms with van der Waals surface area (Å²) in [5.74, 6) is -6.72. The smallest absolute Gasteiger partial charge is 0.336 e. The number of piperazine rings is 1. The molecular formula is C30H33F2N3O5. The average molecular weight is 554 g/mol. The number of halogens is 2. The first-order chi connectivity index (χ1) is 19.2. The fourth-order valence-corrected chi connectivity index (χ4v) is 5.28. The molecule has 0 aliphatic carbocycles. The number of likely N-dealkylation sites (N-methyl/N-ethyl adjacent to an activating group) is 1. The molecule has 10 heteroatoms. The van der Waals surface area contributed by atoms with Gasteiger partial charge in [-0.05, 0) is 37.6 Å². The predicted octanol–water partition coefficient (Wildman–Crippen LogP) is 3.52. The van der Waals surface area contributed by atoms with Crippen molar-refractivity contribution in [2.45, 2.75) is 25.2 Å². The Hall–Kier alpha value is -3.92. The number of carbonyl (C=O) groups is 3. The SMILES string of the molecule is COC(=O)C1=C(CCc2ccccc2)N=C(CC(=O)N2CCN(C)CC2)C(C(=O)OC)C1c1c(F)cccc1F. The van der Waals surface area contributed by atoms with Crippen LogP contribution in [0.5, 0.6) is 0 Å². The van der Waals surface area contributed by atoms with Gasteiger partial charge in [0, 0.05) is 43.4 Å². The van der Waals surface area contributed by atoms with E-state index in [2.05, 4.69) is 9.89 Å². The van der Waals surface area contributed by atoms with Crippen molar-refractivity contribution in [1.29, 1.82) is 0 Å². The van der Waals surface area contributed by atoms with Crippen LogP contribution in [0.15, 0.2) is 64.8 Å². The van der Waals surface area contributed by atoms with Crippen LogP contribution in [0.4, 0.5) is 8.78 Å². The standard InChI is InChI=1S/C30H33F2N3O5/c1-34-14-16-35(17-15-34)24(36)18-23-27(30(38)40-3)28(25-20(31)10-7-11-21(25)32)26(29(37)39-2)22(33-23)13-12-19-8-5-4-6-9-19/h4-11,27-28H,12-18H2,1-3H3. The Labute approximate surface area is 232 Å². The third kappa shape index (κ3) is 6.28.